The third-order valence-electron chi connectivity index (χ3n) is 2.28. The molecule has 2 aromatic rings. The van der Waals surface area contributed by atoms with Crippen molar-refractivity contribution >= 4 is 17.6 Å². The number of carboxylic acid groups (broad SMARTS) is 1. The molecule has 0 aliphatic heterocycles. The predicted octanol–water partition coefficient (Wildman–Crippen LogP) is 2.32. The van der Waals surface area contributed by atoms with Crippen molar-refractivity contribution in [1.29, 1.82) is 0 Å². The van der Waals surface area contributed by atoms with Crippen LogP contribution in [0.15, 0.2) is 36.5 Å². The zero-order chi connectivity index (χ0) is 13.7. The maximum atomic E-state index is 10.8. The molecule has 0 amide bonds. The van der Waals surface area contributed by atoms with Gasteiger partial charge in [0.15, 0.2) is 5.69 Å². The zero-order valence-electron chi connectivity index (χ0n) is 10.3. The van der Waals surface area contributed by atoms with Gasteiger partial charge in [0.05, 0.1) is 6.61 Å². The quantitative estimate of drug-likeness (QED) is 0.857. The van der Waals surface area contributed by atoms with Gasteiger partial charge in [0.2, 0.25) is 5.95 Å². The molecule has 0 saturated heterocycles. The lowest BCUT2D eigenvalue weighted by atomic mass is 10.3. The summed E-state index contributed by atoms with van der Waals surface area (Å²) in [5.41, 5.74) is 0.673. The Morgan fingerprint density at radius 3 is 3.00 bits per heavy atom. The van der Waals surface area contributed by atoms with Gasteiger partial charge in [-0.2, -0.15) is 0 Å². The molecule has 1 heterocycles. The van der Waals surface area contributed by atoms with Crippen molar-refractivity contribution in [3.8, 4) is 5.75 Å². The summed E-state index contributed by atoms with van der Waals surface area (Å²) >= 11 is 0. The average Bonchev–Trinajstić information content (AvgIpc) is 2.40. The fraction of sp³-hybridized carbons (Fsp3) is 0.154. The fourth-order valence-corrected chi connectivity index (χ4v) is 1.50. The number of hydrogen-bond donors (Lipinski definition) is 2. The summed E-state index contributed by atoms with van der Waals surface area (Å²) in [5, 5.41) is 11.8. The minimum absolute atomic E-state index is 0.0570. The molecule has 6 heteroatoms. The Kier molecular flexibility index (Phi) is 3.92. The van der Waals surface area contributed by atoms with Crippen LogP contribution >= 0.6 is 0 Å². The van der Waals surface area contributed by atoms with Crippen LogP contribution in [0.2, 0.25) is 0 Å². The van der Waals surface area contributed by atoms with Crippen molar-refractivity contribution in [3.63, 3.8) is 0 Å². The second kappa shape index (κ2) is 5.81. The molecule has 0 atom stereocenters. The van der Waals surface area contributed by atoms with Crippen molar-refractivity contribution in [1.82, 2.24) is 9.97 Å². The number of anilines is 2. The van der Waals surface area contributed by atoms with E-state index in [-0.39, 0.29) is 11.6 Å². The molecule has 0 bridgehead atoms. The number of aromatic nitrogens is 2. The minimum atomic E-state index is -1.09. The first-order valence-corrected chi connectivity index (χ1v) is 5.75. The van der Waals surface area contributed by atoms with E-state index in [0.29, 0.717) is 6.61 Å². The first kappa shape index (κ1) is 12.8. The van der Waals surface area contributed by atoms with Gasteiger partial charge in [-0.15, -0.1) is 0 Å². The van der Waals surface area contributed by atoms with Gasteiger partial charge < -0.3 is 15.2 Å². The number of rotatable bonds is 5. The van der Waals surface area contributed by atoms with Crippen LogP contribution < -0.4 is 10.1 Å². The number of ether oxygens (including phenoxy) is 1. The van der Waals surface area contributed by atoms with Gasteiger partial charge in [-0.25, -0.2) is 14.8 Å². The Morgan fingerprint density at radius 1 is 1.42 bits per heavy atom. The molecule has 19 heavy (non-hydrogen) atoms. The van der Waals surface area contributed by atoms with Crippen molar-refractivity contribution in [2.75, 3.05) is 11.9 Å². The zero-order valence-corrected chi connectivity index (χ0v) is 10.3. The van der Waals surface area contributed by atoms with Crippen molar-refractivity contribution in [3.05, 3.63) is 42.2 Å². The topological polar surface area (TPSA) is 84.3 Å². The normalized spacial score (nSPS) is 9.95. The fourth-order valence-electron chi connectivity index (χ4n) is 1.50. The van der Waals surface area contributed by atoms with E-state index in [1.807, 2.05) is 25.1 Å². The maximum absolute atomic E-state index is 10.8. The van der Waals surface area contributed by atoms with Crippen LogP contribution in [-0.2, 0) is 0 Å². The van der Waals surface area contributed by atoms with Gasteiger partial charge in [0.25, 0.3) is 0 Å². The summed E-state index contributed by atoms with van der Waals surface area (Å²) < 4.78 is 5.37. The number of aromatic carboxylic acids is 1. The number of nitrogens with zero attached hydrogens (tertiary/aromatic N) is 2. The highest BCUT2D eigenvalue weighted by Gasteiger charge is 2.06. The van der Waals surface area contributed by atoms with Gasteiger partial charge in [-0.3, -0.25) is 0 Å². The largest absolute Gasteiger partial charge is 0.494 e. The predicted molar refractivity (Wildman–Crippen MR) is 69.9 cm³/mol. The van der Waals surface area contributed by atoms with E-state index in [4.69, 9.17) is 9.84 Å². The van der Waals surface area contributed by atoms with Crippen LogP contribution in [0.3, 0.4) is 0 Å². The molecule has 1 aromatic carbocycles. The van der Waals surface area contributed by atoms with E-state index in [1.54, 1.807) is 6.07 Å². The molecule has 0 aliphatic rings. The second-order valence-electron chi connectivity index (χ2n) is 3.66. The number of benzene rings is 1. The van der Waals surface area contributed by atoms with E-state index >= 15 is 0 Å². The summed E-state index contributed by atoms with van der Waals surface area (Å²) in [6.45, 7) is 2.48. The van der Waals surface area contributed by atoms with Gasteiger partial charge in [0.1, 0.15) is 5.75 Å². The lowest BCUT2D eigenvalue weighted by molar-refractivity contribution is 0.0690. The van der Waals surface area contributed by atoms with E-state index in [0.717, 1.165) is 11.4 Å². The summed E-state index contributed by atoms with van der Waals surface area (Å²) in [6.07, 6.45) is 1.39. The van der Waals surface area contributed by atoms with Gasteiger partial charge >= 0.3 is 5.97 Å². The van der Waals surface area contributed by atoms with Crippen molar-refractivity contribution in [2.24, 2.45) is 0 Å². The maximum Gasteiger partial charge on any atom is 0.354 e. The Labute approximate surface area is 110 Å². The Morgan fingerprint density at radius 2 is 2.26 bits per heavy atom. The van der Waals surface area contributed by atoms with E-state index in [9.17, 15) is 4.79 Å². The molecule has 98 valence electrons. The number of carboxylic acids is 1. The highest BCUT2D eigenvalue weighted by molar-refractivity contribution is 5.85. The molecule has 0 spiro atoms. The van der Waals surface area contributed by atoms with E-state index in [2.05, 4.69) is 15.3 Å². The highest BCUT2D eigenvalue weighted by atomic mass is 16.5. The molecular weight excluding hydrogens is 246 g/mol. The molecule has 2 N–H and O–H groups in total. The molecule has 0 unspecified atom stereocenters. The molecule has 0 saturated carbocycles. The molecule has 2 rings (SSSR count). The van der Waals surface area contributed by atoms with E-state index in [1.165, 1.54) is 12.3 Å². The smallest absolute Gasteiger partial charge is 0.354 e. The third kappa shape index (κ3) is 3.41. The third-order valence-corrected chi connectivity index (χ3v) is 2.28. The lowest BCUT2D eigenvalue weighted by Crippen LogP contribution is -2.04. The molecule has 1 aromatic heterocycles. The summed E-state index contributed by atoms with van der Waals surface area (Å²) in [6, 6.07) is 8.61. The van der Waals surface area contributed by atoms with Crippen LogP contribution in [0.1, 0.15) is 17.4 Å². The van der Waals surface area contributed by atoms with Gasteiger partial charge in [-0.05, 0) is 25.1 Å². The van der Waals surface area contributed by atoms with Crippen molar-refractivity contribution < 1.29 is 14.6 Å². The Balaban J connectivity index is 2.18. The minimum Gasteiger partial charge on any atom is -0.494 e. The molecule has 6 nitrogen and oxygen atoms in total. The monoisotopic (exact) mass is 259 g/mol. The lowest BCUT2D eigenvalue weighted by Gasteiger charge is -2.07. The average molecular weight is 259 g/mol. The molecular formula is C13H13N3O3. The number of hydrogen-bond acceptors (Lipinski definition) is 5. The molecule has 0 aliphatic carbocycles. The van der Waals surface area contributed by atoms with Crippen molar-refractivity contribution in [2.45, 2.75) is 6.92 Å². The SMILES string of the molecule is CCOc1cccc(Nc2nccc(C(=O)O)n2)c1. The standard InChI is InChI=1S/C13H13N3O3/c1-2-19-10-5-3-4-9(8-10)15-13-14-7-6-11(16-13)12(17)18/h3-8H,2H2,1H3,(H,17,18)(H,14,15,16). The van der Waals surface area contributed by atoms with Crippen LogP contribution in [-0.4, -0.2) is 27.7 Å². The summed E-state index contributed by atoms with van der Waals surface area (Å²) in [7, 11) is 0. The number of nitrogens with one attached hydrogen (secondary N) is 1. The first-order chi connectivity index (χ1) is 9.19. The Hall–Kier alpha value is -2.63. The van der Waals surface area contributed by atoms with Crippen LogP contribution in [0.25, 0.3) is 0 Å². The van der Waals surface area contributed by atoms with Gasteiger partial charge in [0, 0.05) is 18.0 Å². The van der Waals surface area contributed by atoms with Crippen LogP contribution in [0.4, 0.5) is 11.6 Å². The van der Waals surface area contributed by atoms with E-state index < -0.39 is 5.97 Å². The number of carbonyl (C=O) groups is 1. The molecule has 0 radical (unpaired) electrons. The van der Waals surface area contributed by atoms with Crippen LogP contribution in [0, 0.1) is 0 Å². The Bertz CT molecular complexity index is 587. The first-order valence-electron chi connectivity index (χ1n) is 5.75. The summed E-state index contributed by atoms with van der Waals surface area (Å²) in [4.78, 5) is 18.7. The highest BCUT2D eigenvalue weighted by Crippen LogP contribution is 2.19. The summed E-state index contributed by atoms with van der Waals surface area (Å²) in [5.74, 6) is -0.135. The van der Waals surface area contributed by atoms with Crippen LogP contribution in [0.5, 0.6) is 5.75 Å². The van der Waals surface area contributed by atoms with Gasteiger partial charge in [-0.1, -0.05) is 6.07 Å². The second-order valence-corrected chi connectivity index (χ2v) is 3.66. The molecule has 0 fully saturated rings.